The van der Waals surface area contributed by atoms with E-state index >= 15 is 0 Å². The summed E-state index contributed by atoms with van der Waals surface area (Å²) in [5, 5.41) is 12.5. The van der Waals surface area contributed by atoms with Crippen LogP contribution < -0.4 is 10.1 Å². The number of piperidine rings is 1. The first-order valence-corrected chi connectivity index (χ1v) is 9.15. The smallest absolute Gasteiger partial charge is 0.321 e. The third-order valence-electron chi connectivity index (χ3n) is 4.84. The van der Waals surface area contributed by atoms with Gasteiger partial charge < -0.3 is 20.1 Å². The Balaban J connectivity index is 1.69. The Hall–Kier alpha value is -1.95. The second-order valence-electron chi connectivity index (χ2n) is 6.72. The number of likely N-dealkylation sites (tertiary alicyclic amines) is 1. The molecular formula is C18H23ClN2O4. The van der Waals surface area contributed by atoms with Crippen LogP contribution in [0.2, 0.25) is 5.02 Å². The molecule has 1 unspecified atom stereocenters. The van der Waals surface area contributed by atoms with Crippen LogP contribution in [0.3, 0.4) is 0 Å². The summed E-state index contributed by atoms with van der Waals surface area (Å²) in [6.45, 7) is 0.773. The van der Waals surface area contributed by atoms with Gasteiger partial charge in [0.25, 0.3) is 0 Å². The van der Waals surface area contributed by atoms with Gasteiger partial charge in [-0.1, -0.05) is 11.6 Å². The number of amides is 2. The third kappa shape index (κ3) is 4.57. The minimum Gasteiger partial charge on any atom is -0.488 e. The number of carbonyl (C=O) groups is 2. The molecule has 3 rings (SSSR count). The van der Waals surface area contributed by atoms with Crippen LogP contribution in [-0.4, -0.2) is 41.2 Å². The summed E-state index contributed by atoms with van der Waals surface area (Å²) < 4.78 is 6.02. The van der Waals surface area contributed by atoms with E-state index in [1.165, 1.54) is 0 Å². The monoisotopic (exact) mass is 366 g/mol. The molecule has 1 atom stereocenters. The Morgan fingerprint density at radius 1 is 1.20 bits per heavy atom. The van der Waals surface area contributed by atoms with Gasteiger partial charge in [0.05, 0.1) is 17.7 Å². The van der Waals surface area contributed by atoms with E-state index in [4.69, 9.17) is 16.3 Å². The summed E-state index contributed by atoms with van der Waals surface area (Å²) in [5.74, 6) is -0.755. The number of urea groups is 1. The number of nitrogens with one attached hydrogen (secondary N) is 1. The second-order valence-corrected chi connectivity index (χ2v) is 7.15. The molecule has 2 aliphatic rings. The number of ether oxygens (including phenoxy) is 1. The van der Waals surface area contributed by atoms with E-state index in [0.717, 1.165) is 25.7 Å². The van der Waals surface area contributed by atoms with Crippen LogP contribution in [0.15, 0.2) is 18.2 Å². The molecule has 2 N–H and O–H groups in total. The van der Waals surface area contributed by atoms with Crippen LogP contribution in [0.25, 0.3) is 0 Å². The maximum absolute atomic E-state index is 12.6. The largest absolute Gasteiger partial charge is 0.488 e. The Kier molecular flexibility index (Phi) is 5.68. The lowest BCUT2D eigenvalue weighted by Gasteiger charge is -2.31. The van der Waals surface area contributed by atoms with E-state index in [2.05, 4.69) is 5.32 Å². The average molecular weight is 367 g/mol. The third-order valence-corrected chi connectivity index (χ3v) is 5.07. The molecule has 6 nitrogen and oxygen atoms in total. The first-order chi connectivity index (χ1) is 12.0. The van der Waals surface area contributed by atoms with Gasteiger partial charge in [-0.2, -0.15) is 0 Å². The molecule has 1 aromatic rings. The molecule has 7 heteroatoms. The molecule has 2 fully saturated rings. The Labute approximate surface area is 152 Å². The fourth-order valence-electron chi connectivity index (χ4n) is 3.45. The van der Waals surface area contributed by atoms with E-state index in [1.54, 1.807) is 23.1 Å². The zero-order chi connectivity index (χ0) is 17.8. The van der Waals surface area contributed by atoms with Gasteiger partial charge in [-0.05, 0) is 56.7 Å². The van der Waals surface area contributed by atoms with Crippen molar-refractivity contribution in [2.45, 2.75) is 44.6 Å². The van der Waals surface area contributed by atoms with Gasteiger partial charge in [0.1, 0.15) is 5.75 Å². The number of carboxylic acid groups (broad SMARTS) is 1. The van der Waals surface area contributed by atoms with Crippen molar-refractivity contribution in [1.82, 2.24) is 4.90 Å². The van der Waals surface area contributed by atoms with E-state index in [9.17, 15) is 14.7 Å². The maximum atomic E-state index is 12.6. The number of halogens is 1. The van der Waals surface area contributed by atoms with E-state index in [1.807, 2.05) is 0 Å². The van der Waals surface area contributed by atoms with Gasteiger partial charge in [0, 0.05) is 18.1 Å². The zero-order valence-electron chi connectivity index (χ0n) is 14.0. The number of carboxylic acids is 1. The standard InChI is InChI=1S/C18H23ClN2O4/c19-13-7-8-16(25-14-5-1-2-6-14)15(10-13)20-18(24)21-9-3-4-12(11-21)17(22)23/h7-8,10,12,14H,1-6,9,11H2,(H,20,24)(H,22,23). The molecule has 1 aliphatic heterocycles. The van der Waals surface area contributed by atoms with Crippen molar-refractivity contribution in [1.29, 1.82) is 0 Å². The van der Waals surface area contributed by atoms with Crippen LogP contribution in [0.4, 0.5) is 10.5 Å². The summed E-state index contributed by atoms with van der Waals surface area (Å²) in [6.07, 6.45) is 5.81. The summed E-state index contributed by atoms with van der Waals surface area (Å²) in [6, 6.07) is 4.86. The van der Waals surface area contributed by atoms with Gasteiger partial charge in [0.2, 0.25) is 0 Å². The SMILES string of the molecule is O=C(O)C1CCCN(C(=O)Nc2cc(Cl)ccc2OC2CCCC2)C1. The van der Waals surface area contributed by atoms with Crippen LogP contribution in [-0.2, 0) is 4.79 Å². The molecule has 0 radical (unpaired) electrons. The number of rotatable bonds is 4. The summed E-state index contributed by atoms with van der Waals surface area (Å²) in [5.41, 5.74) is 0.529. The molecule has 25 heavy (non-hydrogen) atoms. The maximum Gasteiger partial charge on any atom is 0.321 e. The van der Waals surface area contributed by atoms with Gasteiger partial charge in [-0.3, -0.25) is 4.79 Å². The first kappa shape index (κ1) is 17.9. The molecule has 1 heterocycles. The van der Waals surface area contributed by atoms with Crippen molar-refractivity contribution in [3.8, 4) is 5.75 Å². The molecule has 1 saturated carbocycles. The molecule has 1 saturated heterocycles. The topological polar surface area (TPSA) is 78.9 Å². The lowest BCUT2D eigenvalue weighted by Crippen LogP contribution is -2.44. The minimum atomic E-state index is -0.856. The highest BCUT2D eigenvalue weighted by atomic mass is 35.5. The highest BCUT2D eigenvalue weighted by molar-refractivity contribution is 6.31. The zero-order valence-corrected chi connectivity index (χ0v) is 14.8. The number of hydrogen-bond donors (Lipinski definition) is 2. The number of carbonyl (C=O) groups excluding carboxylic acids is 1. The molecule has 1 aromatic carbocycles. The number of aliphatic carboxylic acids is 1. The van der Waals surface area contributed by atoms with E-state index in [0.29, 0.717) is 35.8 Å². The first-order valence-electron chi connectivity index (χ1n) is 8.78. The quantitative estimate of drug-likeness (QED) is 0.844. The van der Waals surface area contributed by atoms with Crippen LogP contribution >= 0.6 is 11.6 Å². The lowest BCUT2D eigenvalue weighted by atomic mass is 9.99. The highest BCUT2D eigenvalue weighted by Crippen LogP contribution is 2.32. The van der Waals surface area contributed by atoms with Crippen LogP contribution in [0.5, 0.6) is 5.75 Å². The minimum absolute atomic E-state index is 0.170. The van der Waals surface area contributed by atoms with Gasteiger partial charge in [-0.15, -0.1) is 0 Å². The second kappa shape index (κ2) is 7.95. The predicted molar refractivity (Wildman–Crippen MR) is 95.3 cm³/mol. The Morgan fingerprint density at radius 2 is 1.96 bits per heavy atom. The van der Waals surface area contributed by atoms with Crippen LogP contribution in [0, 0.1) is 5.92 Å². The molecule has 136 valence electrons. The van der Waals surface area contributed by atoms with Crippen molar-refractivity contribution in [3.63, 3.8) is 0 Å². The Morgan fingerprint density at radius 3 is 2.68 bits per heavy atom. The van der Waals surface area contributed by atoms with Crippen molar-refractivity contribution >= 4 is 29.3 Å². The lowest BCUT2D eigenvalue weighted by molar-refractivity contribution is -0.143. The van der Waals surface area contributed by atoms with Crippen molar-refractivity contribution in [3.05, 3.63) is 23.2 Å². The van der Waals surface area contributed by atoms with Crippen molar-refractivity contribution in [2.24, 2.45) is 5.92 Å². The van der Waals surface area contributed by atoms with E-state index < -0.39 is 11.9 Å². The molecular weight excluding hydrogens is 344 g/mol. The molecule has 0 spiro atoms. The number of nitrogens with zero attached hydrogens (tertiary/aromatic N) is 1. The molecule has 0 bridgehead atoms. The van der Waals surface area contributed by atoms with Crippen LogP contribution in [0.1, 0.15) is 38.5 Å². The van der Waals surface area contributed by atoms with Gasteiger partial charge in [-0.25, -0.2) is 4.79 Å². The number of benzene rings is 1. The fraction of sp³-hybridized carbons (Fsp3) is 0.556. The molecule has 0 aromatic heterocycles. The molecule has 2 amide bonds. The predicted octanol–water partition coefficient (Wildman–Crippen LogP) is 3.99. The van der Waals surface area contributed by atoms with Crippen molar-refractivity contribution < 1.29 is 19.4 Å². The van der Waals surface area contributed by atoms with Crippen molar-refractivity contribution in [2.75, 3.05) is 18.4 Å². The van der Waals surface area contributed by atoms with E-state index in [-0.39, 0.29) is 18.7 Å². The van der Waals surface area contributed by atoms with Gasteiger partial charge in [0.15, 0.2) is 0 Å². The summed E-state index contributed by atoms with van der Waals surface area (Å²) in [4.78, 5) is 25.3. The normalized spacial score (nSPS) is 21.2. The Bertz CT molecular complexity index is 646. The fourth-order valence-corrected chi connectivity index (χ4v) is 3.62. The number of anilines is 1. The molecule has 1 aliphatic carbocycles. The summed E-state index contributed by atoms with van der Waals surface area (Å²) in [7, 11) is 0. The number of hydrogen-bond acceptors (Lipinski definition) is 3. The average Bonchev–Trinajstić information content (AvgIpc) is 3.10. The summed E-state index contributed by atoms with van der Waals surface area (Å²) >= 11 is 6.07. The highest BCUT2D eigenvalue weighted by Gasteiger charge is 2.28. The van der Waals surface area contributed by atoms with Gasteiger partial charge >= 0.3 is 12.0 Å².